The van der Waals surface area contributed by atoms with Gasteiger partial charge in [-0.3, -0.25) is 0 Å². The highest BCUT2D eigenvalue weighted by Gasteiger charge is 2.23. The molecule has 0 bridgehead atoms. The van der Waals surface area contributed by atoms with Gasteiger partial charge in [0.1, 0.15) is 11.6 Å². The Kier molecular flexibility index (Phi) is 3.49. The van der Waals surface area contributed by atoms with Gasteiger partial charge in [0.25, 0.3) is 0 Å². The molecule has 0 amide bonds. The third-order valence-corrected chi connectivity index (χ3v) is 4.14. The van der Waals surface area contributed by atoms with Gasteiger partial charge in [0.2, 0.25) is 0 Å². The van der Waals surface area contributed by atoms with Gasteiger partial charge in [-0.25, -0.2) is 4.98 Å². The van der Waals surface area contributed by atoms with Gasteiger partial charge in [-0.05, 0) is 44.0 Å². The van der Waals surface area contributed by atoms with Crippen molar-refractivity contribution in [3.63, 3.8) is 0 Å². The van der Waals surface area contributed by atoms with Crippen LogP contribution in [0.1, 0.15) is 30.3 Å². The number of imidazole rings is 1. The lowest BCUT2D eigenvalue weighted by molar-refractivity contribution is 0.0830. The molecule has 4 nitrogen and oxygen atoms in total. The molecular formula is C16H20N2O2. The number of phenolic OH excluding ortho intramolecular Hbond substituents is 1. The molecule has 0 aliphatic carbocycles. The number of hydrogen-bond acceptors (Lipinski definition) is 3. The molecule has 0 unspecified atom stereocenters. The largest absolute Gasteiger partial charge is 0.508 e. The van der Waals surface area contributed by atoms with Crippen molar-refractivity contribution in [3.05, 3.63) is 35.8 Å². The molecule has 1 aromatic heterocycles. The Morgan fingerprint density at radius 2 is 1.85 bits per heavy atom. The fourth-order valence-electron chi connectivity index (χ4n) is 2.81. The summed E-state index contributed by atoms with van der Waals surface area (Å²) in [4.78, 5) is 4.86. The van der Waals surface area contributed by atoms with Crippen LogP contribution in [0.25, 0.3) is 11.3 Å². The first-order chi connectivity index (χ1) is 9.66. The Labute approximate surface area is 119 Å². The molecule has 3 rings (SSSR count). The summed E-state index contributed by atoms with van der Waals surface area (Å²) >= 11 is 0. The number of phenols is 1. The number of hydrogen-bond donors (Lipinski definition) is 1. The Balaban J connectivity index is 1.98. The smallest absolute Gasteiger partial charge is 0.115 e. The molecule has 0 atom stereocenters. The van der Waals surface area contributed by atoms with Crippen LogP contribution in [0.15, 0.2) is 24.3 Å². The fourth-order valence-corrected chi connectivity index (χ4v) is 2.81. The average molecular weight is 272 g/mol. The van der Waals surface area contributed by atoms with E-state index in [1.165, 1.54) is 0 Å². The molecule has 2 aromatic rings. The van der Waals surface area contributed by atoms with Crippen LogP contribution >= 0.6 is 0 Å². The first kappa shape index (κ1) is 13.2. The quantitative estimate of drug-likeness (QED) is 0.914. The van der Waals surface area contributed by atoms with Gasteiger partial charge in [-0.1, -0.05) is 0 Å². The maximum absolute atomic E-state index is 9.40. The van der Waals surface area contributed by atoms with Crippen LogP contribution in [0.4, 0.5) is 0 Å². The predicted octanol–water partition coefficient (Wildman–Crippen LogP) is 3.00. The minimum atomic E-state index is 0.284. The zero-order chi connectivity index (χ0) is 14.1. The maximum atomic E-state index is 9.40. The van der Waals surface area contributed by atoms with Crippen molar-refractivity contribution in [2.45, 2.75) is 25.7 Å². The van der Waals surface area contributed by atoms with Crippen LogP contribution in [0, 0.1) is 6.92 Å². The van der Waals surface area contributed by atoms with E-state index >= 15 is 0 Å². The van der Waals surface area contributed by atoms with Crippen LogP contribution in [0.5, 0.6) is 5.75 Å². The third-order valence-electron chi connectivity index (χ3n) is 4.14. The zero-order valence-electron chi connectivity index (χ0n) is 12.0. The van der Waals surface area contributed by atoms with E-state index in [4.69, 9.17) is 9.72 Å². The molecule has 1 fully saturated rings. The Bertz CT molecular complexity index is 596. The lowest BCUT2D eigenvalue weighted by Gasteiger charge is -2.21. The lowest BCUT2D eigenvalue weighted by atomic mass is 9.99. The molecule has 4 heteroatoms. The Hall–Kier alpha value is -1.81. The fraction of sp³-hybridized carbons (Fsp3) is 0.438. The molecule has 20 heavy (non-hydrogen) atoms. The standard InChI is InChI=1S/C16H20N2O2/c1-11-15(12-3-5-14(19)6-4-12)17-16(18(11)2)13-7-9-20-10-8-13/h3-6,13,19H,7-10H2,1-2H3. The first-order valence-corrected chi connectivity index (χ1v) is 7.07. The van der Waals surface area contributed by atoms with Crippen molar-refractivity contribution in [2.24, 2.45) is 7.05 Å². The number of ether oxygens (including phenoxy) is 1. The van der Waals surface area contributed by atoms with E-state index in [2.05, 4.69) is 18.5 Å². The van der Waals surface area contributed by atoms with Gasteiger partial charge in [-0.15, -0.1) is 0 Å². The maximum Gasteiger partial charge on any atom is 0.115 e. The first-order valence-electron chi connectivity index (χ1n) is 7.07. The van der Waals surface area contributed by atoms with Crippen molar-refractivity contribution < 1.29 is 9.84 Å². The van der Waals surface area contributed by atoms with Gasteiger partial charge < -0.3 is 14.4 Å². The molecule has 1 N–H and O–H groups in total. The average Bonchev–Trinajstić information content (AvgIpc) is 2.77. The van der Waals surface area contributed by atoms with E-state index in [0.717, 1.165) is 48.8 Å². The van der Waals surface area contributed by atoms with Gasteiger partial charge >= 0.3 is 0 Å². The summed E-state index contributed by atoms with van der Waals surface area (Å²) in [6.07, 6.45) is 2.08. The number of nitrogens with zero attached hydrogens (tertiary/aromatic N) is 2. The van der Waals surface area contributed by atoms with E-state index in [0.29, 0.717) is 5.92 Å². The van der Waals surface area contributed by atoms with E-state index < -0.39 is 0 Å². The molecular weight excluding hydrogens is 252 g/mol. The highest BCUT2D eigenvalue weighted by Crippen LogP contribution is 2.31. The molecule has 106 valence electrons. The molecule has 1 aliphatic rings. The minimum absolute atomic E-state index is 0.284. The van der Waals surface area contributed by atoms with Crippen molar-refractivity contribution >= 4 is 0 Å². The number of aromatic nitrogens is 2. The molecule has 0 saturated carbocycles. The second kappa shape index (κ2) is 5.29. The van der Waals surface area contributed by atoms with Crippen LogP contribution in [0.2, 0.25) is 0 Å². The Morgan fingerprint density at radius 3 is 2.50 bits per heavy atom. The number of rotatable bonds is 2. The molecule has 2 heterocycles. The van der Waals surface area contributed by atoms with E-state index in [9.17, 15) is 5.11 Å². The SMILES string of the molecule is Cc1c(-c2ccc(O)cc2)nc(C2CCOCC2)n1C. The monoisotopic (exact) mass is 272 g/mol. The van der Waals surface area contributed by atoms with Crippen LogP contribution in [0.3, 0.4) is 0 Å². The van der Waals surface area contributed by atoms with Crippen molar-refractivity contribution in [3.8, 4) is 17.0 Å². The molecule has 0 spiro atoms. The second-order valence-corrected chi connectivity index (χ2v) is 5.40. The van der Waals surface area contributed by atoms with Crippen LogP contribution < -0.4 is 0 Å². The summed E-state index contributed by atoms with van der Waals surface area (Å²) < 4.78 is 7.62. The molecule has 1 aromatic carbocycles. The van der Waals surface area contributed by atoms with Crippen LogP contribution in [-0.4, -0.2) is 27.9 Å². The van der Waals surface area contributed by atoms with Gasteiger partial charge in [0.05, 0.1) is 5.69 Å². The summed E-state index contributed by atoms with van der Waals surface area (Å²) in [6.45, 7) is 3.74. The summed E-state index contributed by atoms with van der Waals surface area (Å²) in [5, 5.41) is 9.40. The predicted molar refractivity (Wildman–Crippen MR) is 77.8 cm³/mol. The van der Waals surface area contributed by atoms with Gasteiger partial charge in [0.15, 0.2) is 0 Å². The molecule has 1 aliphatic heterocycles. The topological polar surface area (TPSA) is 47.3 Å². The normalized spacial score (nSPS) is 16.5. The van der Waals surface area contributed by atoms with E-state index in [1.54, 1.807) is 12.1 Å². The van der Waals surface area contributed by atoms with Gasteiger partial charge in [0, 0.05) is 37.4 Å². The highest BCUT2D eigenvalue weighted by atomic mass is 16.5. The van der Waals surface area contributed by atoms with Crippen molar-refractivity contribution in [1.29, 1.82) is 0 Å². The highest BCUT2D eigenvalue weighted by molar-refractivity contribution is 5.63. The van der Waals surface area contributed by atoms with Crippen molar-refractivity contribution in [2.75, 3.05) is 13.2 Å². The van der Waals surface area contributed by atoms with E-state index in [-0.39, 0.29) is 5.75 Å². The van der Waals surface area contributed by atoms with Crippen molar-refractivity contribution in [1.82, 2.24) is 9.55 Å². The second-order valence-electron chi connectivity index (χ2n) is 5.40. The summed E-state index contributed by atoms with van der Waals surface area (Å²) in [7, 11) is 2.08. The summed E-state index contributed by atoms with van der Waals surface area (Å²) in [5.41, 5.74) is 3.22. The van der Waals surface area contributed by atoms with E-state index in [1.807, 2.05) is 12.1 Å². The number of aromatic hydroxyl groups is 1. The minimum Gasteiger partial charge on any atom is -0.508 e. The molecule has 1 saturated heterocycles. The lowest BCUT2D eigenvalue weighted by Crippen LogP contribution is -2.17. The van der Waals surface area contributed by atoms with Crippen LogP contribution in [-0.2, 0) is 11.8 Å². The summed E-state index contributed by atoms with van der Waals surface area (Å²) in [6, 6.07) is 7.24. The number of benzene rings is 1. The third kappa shape index (κ3) is 2.31. The zero-order valence-corrected chi connectivity index (χ0v) is 12.0. The molecule has 0 radical (unpaired) electrons. The Morgan fingerprint density at radius 1 is 1.20 bits per heavy atom. The van der Waals surface area contributed by atoms with Gasteiger partial charge in [-0.2, -0.15) is 0 Å². The summed E-state index contributed by atoms with van der Waals surface area (Å²) in [5.74, 6) is 1.92.